The standard InChI is InChI=1S/C32H27Br2ClN2O5S/c1-4-40-25-14-21(24(34)16-26(25)42-17-19-6-10-22(33)11-7-19)15-27-30(38)37-29(20-8-12-23(35)13-9-20)28(31(39)41-5-2)18(3)36-32(37)43-27/h6-16,29H,4-5,17H2,1-3H3/b27-15-/t29-/m1/s1. The van der Waals surface area contributed by atoms with Gasteiger partial charge in [0.15, 0.2) is 16.3 Å². The Hall–Kier alpha value is -3.18. The number of allylic oxidation sites excluding steroid dienone is 1. The molecule has 0 radical (unpaired) electrons. The van der Waals surface area contributed by atoms with Crippen LogP contribution in [0.5, 0.6) is 11.5 Å². The van der Waals surface area contributed by atoms with Gasteiger partial charge in [-0.15, -0.1) is 0 Å². The van der Waals surface area contributed by atoms with Crippen LogP contribution in [0.15, 0.2) is 90.7 Å². The number of benzene rings is 3. The molecular formula is C32H27Br2ClN2O5S. The summed E-state index contributed by atoms with van der Waals surface area (Å²) in [4.78, 5) is 32.2. The van der Waals surface area contributed by atoms with Crippen LogP contribution in [0.3, 0.4) is 0 Å². The molecule has 0 N–H and O–H groups in total. The molecule has 5 rings (SSSR count). The number of hydrogen-bond donors (Lipinski definition) is 0. The summed E-state index contributed by atoms with van der Waals surface area (Å²) in [7, 11) is 0. The van der Waals surface area contributed by atoms with Gasteiger partial charge in [0.25, 0.3) is 5.56 Å². The molecule has 0 spiro atoms. The summed E-state index contributed by atoms with van der Waals surface area (Å²) in [5.41, 5.74) is 3.00. The minimum Gasteiger partial charge on any atom is -0.490 e. The van der Waals surface area contributed by atoms with E-state index in [0.29, 0.717) is 50.3 Å². The zero-order valence-electron chi connectivity index (χ0n) is 23.5. The van der Waals surface area contributed by atoms with Crippen LogP contribution in [0.2, 0.25) is 5.02 Å². The van der Waals surface area contributed by atoms with E-state index in [1.165, 1.54) is 11.3 Å². The van der Waals surface area contributed by atoms with Crippen molar-refractivity contribution in [2.75, 3.05) is 13.2 Å². The summed E-state index contributed by atoms with van der Waals surface area (Å²) in [5, 5.41) is 0.550. The summed E-state index contributed by atoms with van der Waals surface area (Å²) < 4.78 is 21.1. The zero-order chi connectivity index (χ0) is 30.7. The Labute approximate surface area is 274 Å². The molecule has 222 valence electrons. The first-order valence-electron chi connectivity index (χ1n) is 13.5. The Morgan fingerprint density at radius 2 is 1.72 bits per heavy atom. The number of nitrogens with zero attached hydrogens (tertiary/aromatic N) is 2. The van der Waals surface area contributed by atoms with E-state index in [4.69, 9.17) is 25.8 Å². The molecular weight excluding hydrogens is 720 g/mol. The van der Waals surface area contributed by atoms with Crippen molar-refractivity contribution in [3.8, 4) is 11.5 Å². The van der Waals surface area contributed by atoms with Crippen molar-refractivity contribution in [2.24, 2.45) is 4.99 Å². The second-order valence-electron chi connectivity index (χ2n) is 9.52. The van der Waals surface area contributed by atoms with Gasteiger partial charge in [-0.1, -0.05) is 79.1 Å². The number of ether oxygens (including phenoxy) is 3. The summed E-state index contributed by atoms with van der Waals surface area (Å²) >= 11 is 14.5. The van der Waals surface area contributed by atoms with E-state index < -0.39 is 12.0 Å². The van der Waals surface area contributed by atoms with Crippen molar-refractivity contribution in [1.29, 1.82) is 0 Å². The van der Waals surface area contributed by atoms with Crippen LogP contribution < -0.4 is 24.4 Å². The Bertz CT molecular complexity index is 1880. The summed E-state index contributed by atoms with van der Waals surface area (Å²) in [6, 6.07) is 17.9. The van der Waals surface area contributed by atoms with Crippen molar-refractivity contribution in [3.63, 3.8) is 0 Å². The highest BCUT2D eigenvalue weighted by atomic mass is 79.9. The predicted octanol–water partition coefficient (Wildman–Crippen LogP) is 6.95. The maximum absolute atomic E-state index is 14.0. The van der Waals surface area contributed by atoms with E-state index in [0.717, 1.165) is 25.6 Å². The SMILES string of the molecule is CCOC(=O)C1=C(C)N=c2s/c(=C\c3cc(OCC)c(OCc4ccc(Br)cc4)cc3Br)c(=O)n2[C@@H]1c1ccc(Cl)cc1. The molecule has 2 heterocycles. The number of aromatic nitrogens is 1. The van der Waals surface area contributed by atoms with E-state index >= 15 is 0 Å². The fraction of sp³-hybridized carbons (Fsp3) is 0.219. The maximum Gasteiger partial charge on any atom is 0.338 e. The van der Waals surface area contributed by atoms with E-state index in [1.807, 2.05) is 43.3 Å². The number of hydrogen-bond acceptors (Lipinski definition) is 7. The van der Waals surface area contributed by atoms with Gasteiger partial charge in [-0.3, -0.25) is 9.36 Å². The topological polar surface area (TPSA) is 79.1 Å². The van der Waals surface area contributed by atoms with E-state index in [1.54, 1.807) is 48.8 Å². The van der Waals surface area contributed by atoms with Crippen LogP contribution in [-0.4, -0.2) is 23.8 Å². The summed E-state index contributed by atoms with van der Waals surface area (Å²) in [6.45, 7) is 6.40. The molecule has 0 bridgehead atoms. The van der Waals surface area contributed by atoms with Gasteiger partial charge in [0.05, 0.1) is 35.1 Å². The molecule has 7 nitrogen and oxygen atoms in total. The van der Waals surface area contributed by atoms with Gasteiger partial charge in [-0.05, 0) is 79.9 Å². The lowest BCUT2D eigenvalue weighted by molar-refractivity contribution is -0.139. The number of rotatable bonds is 9. The molecule has 0 saturated carbocycles. The Balaban J connectivity index is 1.58. The Kier molecular flexibility index (Phi) is 9.91. The highest BCUT2D eigenvalue weighted by molar-refractivity contribution is 9.10. The minimum atomic E-state index is -0.716. The van der Waals surface area contributed by atoms with Crippen molar-refractivity contribution in [1.82, 2.24) is 4.57 Å². The molecule has 0 saturated heterocycles. The van der Waals surface area contributed by atoms with Crippen LogP contribution in [0.1, 0.15) is 43.5 Å². The molecule has 1 aliphatic heterocycles. The minimum absolute atomic E-state index is 0.201. The molecule has 0 amide bonds. The first-order valence-corrected chi connectivity index (χ1v) is 16.3. The van der Waals surface area contributed by atoms with Crippen LogP contribution >= 0.6 is 54.8 Å². The Morgan fingerprint density at radius 3 is 2.40 bits per heavy atom. The molecule has 1 aliphatic rings. The average Bonchev–Trinajstić information content (AvgIpc) is 3.28. The normalized spacial score (nSPS) is 14.7. The van der Waals surface area contributed by atoms with Crippen LogP contribution in [0.25, 0.3) is 6.08 Å². The third-order valence-electron chi connectivity index (χ3n) is 6.66. The van der Waals surface area contributed by atoms with E-state index in [2.05, 4.69) is 36.9 Å². The zero-order valence-corrected chi connectivity index (χ0v) is 28.3. The molecule has 1 atom stereocenters. The molecule has 0 aliphatic carbocycles. The van der Waals surface area contributed by atoms with Crippen LogP contribution in [-0.2, 0) is 16.1 Å². The van der Waals surface area contributed by atoms with Gasteiger partial charge >= 0.3 is 5.97 Å². The molecule has 0 fully saturated rings. The lowest BCUT2D eigenvalue weighted by Gasteiger charge is -2.24. The fourth-order valence-electron chi connectivity index (χ4n) is 4.68. The Morgan fingerprint density at radius 1 is 1.02 bits per heavy atom. The third kappa shape index (κ3) is 6.82. The number of carbonyl (C=O) groups is 1. The summed E-state index contributed by atoms with van der Waals surface area (Å²) in [5.74, 6) is 0.620. The number of esters is 1. The van der Waals surface area contributed by atoms with E-state index in [-0.39, 0.29) is 12.2 Å². The van der Waals surface area contributed by atoms with Crippen molar-refractivity contribution >= 4 is 66.8 Å². The third-order valence-corrected chi connectivity index (χ3v) is 9.11. The van der Waals surface area contributed by atoms with Crippen LogP contribution in [0, 0.1) is 0 Å². The van der Waals surface area contributed by atoms with E-state index in [9.17, 15) is 9.59 Å². The summed E-state index contributed by atoms with van der Waals surface area (Å²) in [6.07, 6.45) is 1.79. The second kappa shape index (κ2) is 13.6. The van der Waals surface area contributed by atoms with Crippen LogP contribution in [0.4, 0.5) is 0 Å². The van der Waals surface area contributed by atoms with Gasteiger partial charge in [0.2, 0.25) is 0 Å². The molecule has 3 aromatic carbocycles. The van der Waals surface area contributed by atoms with Crippen molar-refractivity contribution < 1.29 is 19.0 Å². The lowest BCUT2D eigenvalue weighted by Crippen LogP contribution is -2.39. The molecule has 11 heteroatoms. The van der Waals surface area contributed by atoms with Gasteiger partial charge in [-0.25, -0.2) is 9.79 Å². The van der Waals surface area contributed by atoms with Gasteiger partial charge in [-0.2, -0.15) is 0 Å². The quantitative estimate of drug-likeness (QED) is 0.173. The van der Waals surface area contributed by atoms with Crippen molar-refractivity contribution in [3.05, 3.63) is 122 Å². The maximum atomic E-state index is 14.0. The highest BCUT2D eigenvalue weighted by Crippen LogP contribution is 2.35. The highest BCUT2D eigenvalue weighted by Gasteiger charge is 2.33. The van der Waals surface area contributed by atoms with Crippen molar-refractivity contribution in [2.45, 2.75) is 33.4 Å². The predicted molar refractivity (Wildman–Crippen MR) is 176 cm³/mol. The second-order valence-corrected chi connectivity index (χ2v) is 12.7. The largest absolute Gasteiger partial charge is 0.490 e. The number of carbonyl (C=O) groups excluding carboxylic acids is 1. The number of halogens is 3. The fourth-order valence-corrected chi connectivity index (χ4v) is 6.54. The first kappa shape index (κ1) is 31.3. The van der Waals surface area contributed by atoms with Gasteiger partial charge < -0.3 is 14.2 Å². The number of thiazole rings is 1. The first-order chi connectivity index (χ1) is 20.7. The molecule has 4 aromatic rings. The lowest BCUT2D eigenvalue weighted by atomic mass is 9.96. The average molecular weight is 747 g/mol. The molecule has 1 aromatic heterocycles. The smallest absolute Gasteiger partial charge is 0.338 e. The van der Waals surface area contributed by atoms with Gasteiger partial charge in [0.1, 0.15) is 6.61 Å². The molecule has 0 unspecified atom stereocenters. The van der Waals surface area contributed by atoms with Gasteiger partial charge in [0, 0.05) is 14.0 Å². The molecule has 43 heavy (non-hydrogen) atoms. The number of fused-ring (bicyclic) bond motifs is 1. The monoisotopic (exact) mass is 744 g/mol.